The van der Waals surface area contributed by atoms with Crippen LogP contribution in [0.25, 0.3) is 0 Å². The summed E-state index contributed by atoms with van der Waals surface area (Å²) < 4.78 is 0. The van der Waals surface area contributed by atoms with Crippen LogP contribution in [0.3, 0.4) is 0 Å². The highest BCUT2D eigenvalue weighted by Crippen LogP contribution is 2.20. The Labute approximate surface area is 106 Å². The van der Waals surface area contributed by atoms with Crippen LogP contribution in [0.2, 0.25) is 0 Å². The van der Waals surface area contributed by atoms with Crippen molar-refractivity contribution < 1.29 is 4.92 Å². The summed E-state index contributed by atoms with van der Waals surface area (Å²) in [6, 6.07) is 4.07. The maximum atomic E-state index is 10.7. The van der Waals surface area contributed by atoms with E-state index in [2.05, 4.69) is 22.5 Å². The van der Waals surface area contributed by atoms with Crippen LogP contribution in [0.4, 0.5) is 11.5 Å². The van der Waals surface area contributed by atoms with Gasteiger partial charge in [-0.2, -0.15) is 0 Å². The molecule has 2 rings (SSSR count). The van der Waals surface area contributed by atoms with Gasteiger partial charge in [0.1, 0.15) is 11.5 Å². The van der Waals surface area contributed by atoms with Crippen molar-refractivity contribution in [3.8, 4) is 0 Å². The minimum absolute atomic E-state index is 0.0687. The zero-order chi connectivity index (χ0) is 13.1. The van der Waals surface area contributed by atoms with E-state index in [1.807, 2.05) is 0 Å². The average Bonchev–Trinajstić information content (AvgIpc) is 2.28. The zero-order valence-corrected chi connectivity index (χ0v) is 10.6. The van der Waals surface area contributed by atoms with Crippen LogP contribution in [0.1, 0.15) is 25.5 Å². The zero-order valence-electron chi connectivity index (χ0n) is 10.6. The number of nitro groups is 1. The molecule has 1 aliphatic rings. The predicted octanol–water partition coefficient (Wildman–Crippen LogP) is 1.85. The van der Waals surface area contributed by atoms with Crippen LogP contribution in [-0.2, 0) is 0 Å². The van der Waals surface area contributed by atoms with Crippen molar-refractivity contribution >= 4 is 11.5 Å². The Morgan fingerprint density at radius 1 is 1.56 bits per heavy atom. The van der Waals surface area contributed by atoms with E-state index >= 15 is 0 Å². The first-order valence-corrected chi connectivity index (χ1v) is 6.18. The monoisotopic (exact) mass is 250 g/mol. The molecule has 6 nitrogen and oxygen atoms in total. The lowest BCUT2D eigenvalue weighted by molar-refractivity contribution is -0.385. The van der Waals surface area contributed by atoms with Crippen molar-refractivity contribution in [3.63, 3.8) is 0 Å². The van der Waals surface area contributed by atoms with Crippen LogP contribution in [0.5, 0.6) is 0 Å². The van der Waals surface area contributed by atoms with Crippen molar-refractivity contribution in [1.82, 2.24) is 10.3 Å². The molecule has 1 aromatic rings. The van der Waals surface area contributed by atoms with E-state index in [1.165, 1.54) is 6.07 Å². The molecule has 0 radical (unpaired) electrons. The molecule has 1 fully saturated rings. The summed E-state index contributed by atoms with van der Waals surface area (Å²) >= 11 is 0. The molecule has 2 N–H and O–H groups in total. The standard InChI is InChI=1S/C12H18N4O2/c1-8-7-10(5-6-13-8)15-12-4-3-11(16(17)18)9(2)14-12/h3-4,8,10,13H,5-7H2,1-2H3,(H,14,15). The summed E-state index contributed by atoms with van der Waals surface area (Å²) in [7, 11) is 0. The first kappa shape index (κ1) is 12.8. The Morgan fingerprint density at radius 2 is 2.33 bits per heavy atom. The lowest BCUT2D eigenvalue weighted by atomic mass is 10.0. The number of nitrogens with zero attached hydrogens (tertiary/aromatic N) is 2. The molecule has 0 bridgehead atoms. The van der Waals surface area contributed by atoms with Gasteiger partial charge in [0.15, 0.2) is 0 Å². The lowest BCUT2D eigenvalue weighted by Gasteiger charge is -2.29. The number of piperidine rings is 1. The summed E-state index contributed by atoms with van der Waals surface area (Å²) in [4.78, 5) is 14.5. The lowest BCUT2D eigenvalue weighted by Crippen LogP contribution is -2.41. The van der Waals surface area contributed by atoms with Crippen molar-refractivity contribution in [2.24, 2.45) is 0 Å². The van der Waals surface area contributed by atoms with Gasteiger partial charge in [-0.3, -0.25) is 10.1 Å². The number of rotatable bonds is 3. The molecule has 0 aliphatic carbocycles. The Morgan fingerprint density at radius 3 is 2.94 bits per heavy atom. The molecule has 2 unspecified atom stereocenters. The maximum Gasteiger partial charge on any atom is 0.290 e. The van der Waals surface area contributed by atoms with Crippen LogP contribution in [0, 0.1) is 17.0 Å². The molecule has 1 aliphatic heterocycles. The van der Waals surface area contributed by atoms with Gasteiger partial charge in [-0.15, -0.1) is 0 Å². The molecule has 0 amide bonds. The molecule has 98 valence electrons. The van der Waals surface area contributed by atoms with Crippen molar-refractivity contribution in [2.45, 2.75) is 38.8 Å². The molecule has 0 saturated carbocycles. The van der Waals surface area contributed by atoms with Gasteiger partial charge in [0.25, 0.3) is 5.69 Å². The fourth-order valence-electron chi connectivity index (χ4n) is 2.30. The maximum absolute atomic E-state index is 10.7. The number of anilines is 1. The Balaban J connectivity index is 2.05. The molecular formula is C12H18N4O2. The van der Waals surface area contributed by atoms with Crippen LogP contribution in [-0.4, -0.2) is 28.5 Å². The number of hydrogen-bond donors (Lipinski definition) is 2. The van der Waals surface area contributed by atoms with Gasteiger partial charge < -0.3 is 10.6 Å². The molecule has 18 heavy (non-hydrogen) atoms. The minimum Gasteiger partial charge on any atom is -0.367 e. The Kier molecular flexibility index (Phi) is 3.76. The smallest absolute Gasteiger partial charge is 0.290 e. The molecule has 6 heteroatoms. The fourth-order valence-corrected chi connectivity index (χ4v) is 2.30. The minimum atomic E-state index is -0.404. The fraction of sp³-hybridized carbons (Fsp3) is 0.583. The number of aromatic nitrogens is 1. The molecule has 0 spiro atoms. The van der Waals surface area contributed by atoms with E-state index in [0.29, 0.717) is 17.8 Å². The molecule has 1 saturated heterocycles. The summed E-state index contributed by atoms with van der Waals surface area (Å²) in [5.74, 6) is 0.720. The molecule has 0 aromatic carbocycles. The SMILES string of the molecule is Cc1nc(NC2CCNC(C)C2)ccc1[N+](=O)[O-]. The largest absolute Gasteiger partial charge is 0.367 e. The van der Waals surface area contributed by atoms with Gasteiger partial charge in [-0.1, -0.05) is 0 Å². The number of pyridine rings is 1. The summed E-state index contributed by atoms with van der Waals surface area (Å²) in [5.41, 5.74) is 0.520. The summed E-state index contributed by atoms with van der Waals surface area (Å²) in [6.45, 7) is 4.81. The van der Waals surface area contributed by atoms with Crippen molar-refractivity contribution in [3.05, 3.63) is 27.9 Å². The number of aryl methyl sites for hydroxylation is 1. The van der Waals surface area contributed by atoms with E-state index in [4.69, 9.17) is 0 Å². The summed E-state index contributed by atoms with van der Waals surface area (Å²) in [5, 5.41) is 17.4. The number of hydrogen-bond acceptors (Lipinski definition) is 5. The van der Waals surface area contributed by atoms with Crippen LogP contribution >= 0.6 is 0 Å². The third kappa shape index (κ3) is 2.95. The first-order valence-electron chi connectivity index (χ1n) is 6.18. The van der Waals surface area contributed by atoms with E-state index in [-0.39, 0.29) is 5.69 Å². The normalized spacial score (nSPS) is 23.7. The van der Waals surface area contributed by atoms with E-state index in [9.17, 15) is 10.1 Å². The predicted molar refractivity (Wildman–Crippen MR) is 69.7 cm³/mol. The summed E-state index contributed by atoms with van der Waals surface area (Å²) in [6.07, 6.45) is 2.08. The van der Waals surface area contributed by atoms with Crippen LogP contribution < -0.4 is 10.6 Å². The second-order valence-electron chi connectivity index (χ2n) is 4.78. The molecular weight excluding hydrogens is 232 g/mol. The molecule has 1 aromatic heterocycles. The van der Waals surface area contributed by atoms with E-state index < -0.39 is 4.92 Å². The Hall–Kier alpha value is -1.69. The highest BCUT2D eigenvalue weighted by Gasteiger charge is 2.19. The third-order valence-electron chi connectivity index (χ3n) is 3.23. The third-order valence-corrected chi connectivity index (χ3v) is 3.23. The van der Waals surface area contributed by atoms with Crippen molar-refractivity contribution in [2.75, 3.05) is 11.9 Å². The van der Waals surface area contributed by atoms with Gasteiger partial charge in [-0.25, -0.2) is 4.98 Å². The topological polar surface area (TPSA) is 80.1 Å². The first-order chi connectivity index (χ1) is 8.56. The highest BCUT2D eigenvalue weighted by atomic mass is 16.6. The van der Waals surface area contributed by atoms with Gasteiger partial charge in [0, 0.05) is 18.2 Å². The number of nitrogens with one attached hydrogen (secondary N) is 2. The van der Waals surface area contributed by atoms with Gasteiger partial charge >= 0.3 is 0 Å². The average molecular weight is 250 g/mol. The second-order valence-corrected chi connectivity index (χ2v) is 4.78. The molecule has 2 atom stereocenters. The Bertz CT molecular complexity index is 450. The van der Waals surface area contributed by atoms with Crippen LogP contribution in [0.15, 0.2) is 12.1 Å². The van der Waals surface area contributed by atoms with Gasteiger partial charge in [0.2, 0.25) is 0 Å². The van der Waals surface area contributed by atoms with E-state index in [1.54, 1.807) is 13.0 Å². The van der Waals surface area contributed by atoms with Crippen molar-refractivity contribution in [1.29, 1.82) is 0 Å². The van der Waals surface area contributed by atoms with E-state index in [0.717, 1.165) is 25.2 Å². The highest BCUT2D eigenvalue weighted by molar-refractivity contribution is 5.45. The van der Waals surface area contributed by atoms with Gasteiger partial charge in [-0.05, 0) is 39.3 Å². The second kappa shape index (κ2) is 5.30. The molecule has 2 heterocycles. The quantitative estimate of drug-likeness (QED) is 0.632. The van der Waals surface area contributed by atoms with Gasteiger partial charge in [0.05, 0.1) is 4.92 Å².